The molecular weight excluding hydrogens is 313 g/mol. The number of nitrogens with one attached hydrogen (secondary N) is 2. The second kappa shape index (κ2) is 5.34. The van der Waals surface area contributed by atoms with Gasteiger partial charge in [0.1, 0.15) is 5.82 Å². The van der Waals surface area contributed by atoms with Crippen LogP contribution in [0.3, 0.4) is 0 Å². The summed E-state index contributed by atoms with van der Waals surface area (Å²) in [6.07, 6.45) is 1.67. The molecule has 0 radical (unpaired) electrons. The van der Waals surface area contributed by atoms with Gasteiger partial charge >= 0.3 is 5.97 Å². The van der Waals surface area contributed by atoms with Gasteiger partial charge in [-0.05, 0) is 30.3 Å². The summed E-state index contributed by atoms with van der Waals surface area (Å²) in [5, 5.41) is 0. The summed E-state index contributed by atoms with van der Waals surface area (Å²) in [7, 11) is 1.87. The maximum atomic E-state index is 13.1. The van der Waals surface area contributed by atoms with Gasteiger partial charge in [0.15, 0.2) is 0 Å². The molecule has 120 valence electrons. The molecule has 0 fully saturated rings. The van der Waals surface area contributed by atoms with Gasteiger partial charge in [0.05, 0.1) is 34.0 Å². The fourth-order valence-corrected chi connectivity index (χ4v) is 2.44. The van der Waals surface area contributed by atoms with E-state index in [2.05, 4.69) is 20.4 Å². The molecular formula is C16H12FN5O2. The van der Waals surface area contributed by atoms with Crippen molar-refractivity contribution in [1.29, 1.82) is 0 Å². The van der Waals surface area contributed by atoms with Crippen LogP contribution in [0, 0.1) is 5.82 Å². The molecule has 0 amide bonds. The summed E-state index contributed by atoms with van der Waals surface area (Å²) in [4.78, 5) is 28.3. The molecule has 7 nitrogen and oxygen atoms in total. The van der Waals surface area contributed by atoms with Crippen molar-refractivity contribution in [2.75, 3.05) is 5.48 Å². The van der Waals surface area contributed by atoms with Crippen molar-refractivity contribution in [3.8, 4) is 0 Å². The fraction of sp³-hybridized carbons (Fsp3) is 0.0625. The van der Waals surface area contributed by atoms with E-state index in [-0.39, 0.29) is 11.8 Å². The highest BCUT2D eigenvalue weighted by Gasteiger charge is 2.11. The zero-order valence-corrected chi connectivity index (χ0v) is 12.6. The Morgan fingerprint density at radius 1 is 1.25 bits per heavy atom. The number of H-pyrrole nitrogens is 1. The monoisotopic (exact) mass is 325 g/mol. The molecule has 4 rings (SSSR count). The molecule has 2 aromatic carbocycles. The third kappa shape index (κ3) is 2.43. The van der Waals surface area contributed by atoms with Gasteiger partial charge in [0, 0.05) is 13.1 Å². The van der Waals surface area contributed by atoms with Crippen molar-refractivity contribution in [3.05, 3.63) is 54.1 Å². The van der Waals surface area contributed by atoms with Crippen molar-refractivity contribution in [2.45, 2.75) is 0 Å². The number of nitrogens with zero attached hydrogens (tertiary/aromatic N) is 3. The smallest absolute Gasteiger partial charge is 0.335 e. The van der Waals surface area contributed by atoms with Gasteiger partial charge < -0.3 is 14.4 Å². The first kappa shape index (κ1) is 14.2. The number of halogens is 1. The Hall–Kier alpha value is -3.42. The van der Waals surface area contributed by atoms with Crippen LogP contribution in [-0.2, 0) is 11.9 Å². The molecule has 0 saturated carbocycles. The molecule has 0 atom stereocenters. The zero-order valence-electron chi connectivity index (χ0n) is 12.6. The molecule has 0 spiro atoms. The molecule has 0 bridgehead atoms. The molecule has 0 unspecified atom stereocenters. The van der Waals surface area contributed by atoms with Gasteiger partial charge in [0.25, 0.3) is 0 Å². The maximum absolute atomic E-state index is 13.1. The normalized spacial score (nSPS) is 11.1. The average molecular weight is 325 g/mol. The first-order valence-corrected chi connectivity index (χ1v) is 7.14. The Morgan fingerprint density at radius 3 is 3.00 bits per heavy atom. The number of fused-ring (bicyclic) bond motifs is 2. The van der Waals surface area contributed by atoms with Crippen molar-refractivity contribution in [1.82, 2.24) is 19.5 Å². The number of carbonyl (C=O) groups excluding carboxylic acids is 1. The maximum Gasteiger partial charge on any atom is 0.363 e. The molecule has 2 N–H and O–H groups in total. The summed E-state index contributed by atoms with van der Waals surface area (Å²) in [5.41, 5.74) is 5.48. The minimum absolute atomic E-state index is 0.211. The van der Waals surface area contributed by atoms with Crippen molar-refractivity contribution in [3.63, 3.8) is 0 Å². The van der Waals surface area contributed by atoms with E-state index in [9.17, 15) is 9.18 Å². The molecule has 2 aromatic heterocycles. The standard InChI is InChI=1S/C16H12FN5O2/c1-22-8-18-13-6-9(2-5-14(13)22)15(23)24-21-16-19-11-4-3-10(17)7-12(11)20-16/h2-8H,1H3,(H2,19,20,21). The van der Waals surface area contributed by atoms with E-state index in [4.69, 9.17) is 4.84 Å². The minimum atomic E-state index is -0.575. The Bertz CT molecular complexity index is 1070. The van der Waals surface area contributed by atoms with Crippen LogP contribution in [0.5, 0.6) is 0 Å². The lowest BCUT2D eigenvalue weighted by atomic mass is 10.2. The van der Waals surface area contributed by atoms with Crippen LogP contribution < -0.4 is 5.48 Å². The predicted molar refractivity (Wildman–Crippen MR) is 85.8 cm³/mol. The number of hydrogen-bond donors (Lipinski definition) is 2. The van der Waals surface area contributed by atoms with Gasteiger partial charge in [-0.3, -0.25) is 0 Å². The lowest BCUT2D eigenvalue weighted by Crippen LogP contribution is -2.11. The lowest BCUT2D eigenvalue weighted by Gasteiger charge is -2.04. The number of anilines is 1. The van der Waals surface area contributed by atoms with E-state index < -0.39 is 5.97 Å². The van der Waals surface area contributed by atoms with Gasteiger partial charge in [-0.15, -0.1) is 0 Å². The number of aromatic nitrogens is 4. The number of benzene rings is 2. The van der Waals surface area contributed by atoms with E-state index in [0.29, 0.717) is 22.1 Å². The quantitative estimate of drug-likeness (QED) is 0.566. The predicted octanol–water partition coefficient (Wildman–Crippen LogP) is 2.77. The first-order valence-electron chi connectivity index (χ1n) is 7.14. The number of aromatic amines is 1. The molecule has 24 heavy (non-hydrogen) atoms. The third-order valence-corrected chi connectivity index (χ3v) is 3.65. The van der Waals surface area contributed by atoms with Crippen LogP contribution in [0.25, 0.3) is 22.1 Å². The highest BCUT2D eigenvalue weighted by molar-refractivity contribution is 5.94. The van der Waals surface area contributed by atoms with Crippen LogP contribution in [0.4, 0.5) is 10.3 Å². The van der Waals surface area contributed by atoms with Gasteiger partial charge in [-0.1, -0.05) is 0 Å². The van der Waals surface area contributed by atoms with Crippen LogP contribution >= 0.6 is 0 Å². The largest absolute Gasteiger partial charge is 0.363 e. The Kier molecular flexibility index (Phi) is 3.16. The highest BCUT2D eigenvalue weighted by Crippen LogP contribution is 2.17. The SMILES string of the molecule is Cn1cnc2cc(C(=O)ONc3nc4cc(F)ccc4[nH]3)ccc21. The number of hydrogen-bond acceptors (Lipinski definition) is 5. The van der Waals surface area contributed by atoms with Gasteiger partial charge in [-0.25, -0.2) is 19.2 Å². The van der Waals surface area contributed by atoms with Crippen LogP contribution in [0.2, 0.25) is 0 Å². The minimum Gasteiger partial charge on any atom is -0.335 e. The number of imidazole rings is 2. The van der Waals surface area contributed by atoms with E-state index >= 15 is 0 Å². The molecule has 8 heteroatoms. The summed E-state index contributed by atoms with van der Waals surface area (Å²) in [5.74, 6) is -0.752. The summed E-state index contributed by atoms with van der Waals surface area (Å²) in [6.45, 7) is 0. The summed E-state index contributed by atoms with van der Waals surface area (Å²) >= 11 is 0. The molecule has 0 aliphatic rings. The zero-order chi connectivity index (χ0) is 16.7. The summed E-state index contributed by atoms with van der Waals surface area (Å²) in [6, 6.07) is 9.25. The van der Waals surface area contributed by atoms with E-state index in [0.717, 1.165) is 5.52 Å². The molecule has 2 heterocycles. The average Bonchev–Trinajstić information content (AvgIpc) is 3.15. The number of aryl methyl sites for hydroxylation is 1. The van der Waals surface area contributed by atoms with E-state index in [1.807, 2.05) is 11.6 Å². The Balaban J connectivity index is 1.51. The fourth-order valence-electron chi connectivity index (χ4n) is 2.44. The summed E-state index contributed by atoms with van der Waals surface area (Å²) < 4.78 is 15.0. The lowest BCUT2D eigenvalue weighted by molar-refractivity contribution is 0.0593. The van der Waals surface area contributed by atoms with Crippen LogP contribution in [0.15, 0.2) is 42.7 Å². The van der Waals surface area contributed by atoms with E-state index in [1.165, 1.54) is 12.1 Å². The van der Waals surface area contributed by atoms with Crippen molar-refractivity contribution < 1.29 is 14.0 Å². The second-order valence-electron chi connectivity index (χ2n) is 5.30. The highest BCUT2D eigenvalue weighted by atomic mass is 19.1. The Labute approximate surface area is 135 Å². The Morgan fingerprint density at radius 2 is 2.12 bits per heavy atom. The van der Waals surface area contributed by atoms with Crippen molar-refractivity contribution >= 4 is 34.0 Å². The topological polar surface area (TPSA) is 84.8 Å². The number of rotatable bonds is 3. The van der Waals surface area contributed by atoms with Crippen LogP contribution in [-0.4, -0.2) is 25.5 Å². The van der Waals surface area contributed by atoms with E-state index in [1.54, 1.807) is 30.6 Å². The van der Waals surface area contributed by atoms with Gasteiger partial charge in [0.2, 0.25) is 5.95 Å². The number of carbonyl (C=O) groups is 1. The van der Waals surface area contributed by atoms with Crippen molar-refractivity contribution in [2.24, 2.45) is 7.05 Å². The molecule has 4 aromatic rings. The second-order valence-corrected chi connectivity index (χ2v) is 5.30. The molecule has 0 saturated heterocycles. The first-order chi connectivity index (χ1) is 11.6. The molecule has 0 aliphatic carbocycles. The third-order valence-electron chi connectivity index (χ3n) is 3.65. The molecule has 0 aliphatic heterocycles. The van der Waals surface area contributed by atoms with Crippen LogP contribution in [0.1, 0.15) is 10.4 Å². The van der Waals surface area contributed by atoms with Gasteiger partial charge in [-0.2, -0.15) is 5.48 Å².